The maximum atomic E-state index is 13.4. The quantitative estimate of drug-likeness (QED) is 0.162. The number of carboxylic acid groups (broad SMARTS) is 1. The number of amides is 1. The number of benzene rings is 3. The van der Waals surface area contributed by atoms with Crippen molar-refractivity contribution in [2.75, 3.05) is 0 Å². The molecular formula is C29H32N2O10S2. The summed E-state index contributed by atoms with van der Waals surface area (Å²) >= 11 is 0. The van der Waals surface area contributed by atoms with Crippen molar-refractivity contribution >= 4 is 37.9 Å². The highest BCUT2D eigenvalue weighted by Crippen LogP contribution is 2.19. The topological polar surface area (TPSA) is 218 Å². The molecule has 43 heavy (non-hydrogen) atoms. The van der Waals surface area contributed by atoms with Crippen molar-refractivity contribution in [3.05, 3.63) is 95.1 Å². The van der Waals surface area contributed by atoms with Gasteiger partial charge in [0.2, 0.25) is 5.91 Å². The van der Waals surface area contributed by atoms with Crippen LogP contribution >= 0.6 is 0 Å². The molecule has 0 spiro atoms. The largest absolute Gasteiger partial charge is 0.480 e. The Labute approximate surface area is 249 Å². The van der Waals surface area contributed by atoms with Crippen LogP contribution in [0, 0.1) is 12.8 Å². The Balaban J connectivity index is 1.81. The zero-order chi connectivity index (χ0) is 31.9. The van der Waals surface area contributed by atoms with E-state index >= 15 is 0 Å². The van der Waals surface area contributed by atoms with E-state index in [1.54, 1.807) is 0 Å². The molecule has 0 fully saturated rings. The minimum absolute atomic E-state index is 0.0734. The van der Waals surface area contributed by atoms with Crippen molar-refractivity contribution in [2.24, 2.45) is 11.7 Å². The van der Waals surface area contributed by atoms with Gasteiger partial charge >= 0.3 is 5.97 Å². The van der Waals surface area contributed by atoms with E-state index in [2.05, 4.69) is 5.32 Å². The Morgan fingerprint density at radius 1 is 0.721 bits per heavy atom. The van der Waals surface area contributed by atoms with Gasteiger partial charge in [-0.2, -0.15) is 16.8 Å². The van der Waals surface area contributed by atoms with Gasteiger partial charge < -0.3 is 16.2 Å². The monoisotopic (exact) mass is 632 g/mol. The summed E-state index contributed by atoms with van der Waals surface area (Å²) in [4.78, 5) is 37.8. The molecule has 3 rings (SSSR count). The smallest absolute Gasteiger partial charge is 0.326 e. The van der Waals surface area contributed by atoms with E-state index in [0.29, 0.717) is 11.1 Å². The van der Waals surface area contributed by atoms with Crippen LogP contribution in [0.4, 0.5) is 0 Å². The van der Waals surface area contributed by atoms with E-state index in [-0.39, 0.29) is 35.5 Å². The number of rotatable bonds is 14. The summed E-state index contributed by atoms with van der Waals surface area (Å²) in [5.41, 5.74) is 8.81. The van der Waals surface area contributed by atoms with E-state index in [1.807, 2.05) is 31.2 Å². The van der Waals surface area contributed by atoms with Gasteiger partial charge in [-0.3, -0.25) is 18.7 Å². The van der Waals surface area contributed by atoms with Gasteiger partial charge in [0.05, 0.1) is 15.8 Å². The van der Waals surface area contributed by atoms with Crippen LogP contribution in [0.5, 0.6) is 0 Å². The van der Waals surface area contributed by atoms with E-state index in [1.165, 1.54) is 24.3 Å². The average Bonchev–Trinajstić information content (AvgIpc) is 2.93. The highest BCUT2D eigenvalue weighted by Gasteiger charge is 2.29. The first kappa shape index (κ1) is 33.6. The van der Waals surface area contributed by atoms with Crippen LogP contribution in [0.2, 0.25) is 0 Å². The summed E-state index contributed by atoms with van der Waals surface area (Å²) in [5, 5.41) is 12.2. The fraction of sp³-hybridized carbons (Fsp3) is 0.276. The molecule has 3 atom stereocenters. The SMILES string of the molecule is Cc1ccc(CC(N)C(=O)CC(Cc2ccc(S(=O)(=O)O)cc2)C(=O)NC(Cc2ccc(S(=O)(=O)O)cc2)C(=O)O)cc1. The van der Waals surface area contributed by atoms with Crippen molar-refractivity contribution in [3.63, 3.8) is 0 Å². The third-order valence-corrected chi connectivity index (χ3v) is 8.52. The third-order valence-electron chi connectivity index (χ3n) is 6.79. The van der Waals surface area contributed by atoms with Crippen molar-refractivity contribution in [2.45, 2.75) is 54.5 Å². The maximum Gasteiger partial charge on any atom is 0.326 e. The molecule has 0 aliphatic rings. The molecule has 0 radical (unpaired) electrons. The van der Waals surface area contributed by atoms with Crippen LogP contribution in [0.1, 0.15) is 28.7 Å². The van der Waals surface area contributed by atoms with E-state index in [9.17, 15) is 40.9 Å². The second kappa shape index (κ2) is 14.0. The molecule has 0 aliphatic heterocycles. The molecule has 3 aromatic rings. The zero-order valence-corrected chi connectivity index (χ0v) is 24.7. The number of Topliss-reactive ketones (excluding diaryl/α,β-unsaturated/α-hetero) is 1. The molecular weight excluding hydrogens is 600 g/mol. The van der Waals surface area contributed by atoms with Crippen molar-refractivity contribution < 1.29 is 45.4 Å². The second-order valence-corrected chi connectivity index (χ2v) is 13.1. The number of hydrogen-bond donors (Lipinski definition) is 5. The van der Waals surface area contributed by atoms with E-state index < -0.39 is 55.9 Å². The lowest BCUT2D eigenvalue weighted by Crippen LogP contribution is -2.46. The van der Waals surface area contributed by atoms with Gasteiger partial charge in [0.25, 0.3) is 20.2 Å². The number of ketones is 1. The lowest BCUT2D eigenvalue weighted by atomic mass is 9.89. The predicted molar refractivity (Wildman–Crippen MR) is 155 cm³/mol. The van der Waals surface area contributed by atoms with Crippen molar-refractivity contribution in [1.29, 1.82) is 0 Å². The van der Waals surface area contributed by atoms with Gasteiger partial charge in [-0.25, -0.2) is 4.79 Å². The fourth-order valence-electron chi connectivity index (χ4n) is 4.35. The van der Waals surface area contributed by atoms with Gasteiger partial charge in [0.1, 0.15) is 6.04 Å². The fourth-order valence-corrected chi connectivity index (χ4v) is 5.31. The molecule has 6 N–H and O–H groups in total. The lowest BCUT2D eigenvalue weighted by Gasteiger charge is -2.22. The Morgan fingerprint density at radius 2 is 1.14 bits per heavy atom. The molecule has 3 unspecified atom stereocenters. The lowest BCUT2D eigenvalue weighted by molar-refractivity contribution is -0.142. The number of hydrogen-bond acceptors (Lipinski definition) is 8. The Morgan fingerprint density at radius 3 is 1.58 bits per heavy atom. The highest BCUT2D eigenvalue weighted by molar-refractivity contribution is 7.86. The number of aliphatic carboxylic acids is 1. The van der Waals surface area contributed by atoms with E-state index in [0.717, 1.165) is 35.4 Å². The van der Waals surface area contributed by atoms with Gasteiger partial charge in [0.15, 0.2) is 5.78 Å². The van der Waals surface area contributed by atoms with Gasteiger partial charge in [-0.15, -0.1) is 0 Å². The van der Waals surface area contributed by atoms with Crippen LogP contribution in [-0.2, 0) is 53.9 Å². The number of carboxylic acids is 1. The average molecular weight is 633 g/mol. The van der Waals surface area contributed by atoms with Gasteiger partial charge in [-0.1, -0.05) is 54.1 Å². The molecule has 0 saturated heterocycles. The number of carbonyl (C=O) groups excluding carboxylic acids is 2. The molecule has 0 saturated carbocycles. The molecule has 0 heterocycles. The summed E-state index contributed by atoms with van der Waals surface area (Å²) in [6.07, 6.45) is -0.429. The molecule has 14 heteroatoms. The van der Waals surface area contributed by atoms with Gasteiger partial charge in [-0.05, 0) is 60.7 Å². The second-order valence-electron chi connectivity index (χ2n) is 10.2. The number of aryl methyl sites for hydroxylation is 1. The van der Waals surface area contributed by atoms with Crippen molar-refractivity contribution in [3.8, 4) is 0 Å². The van der Waals surface area contributed by atoms with Crippen LogP contribution in [0.3, 0.4) is 0 Å². The Kier molecular flexibility index (Phi) is 10.9. The summed E-state index contributed by atoms with van der Waals surface area (Å²) in [6, 6.07) is 14.8. The summed E-state index contributed by atoms with van der Waals surface area (Å²) < 4.78 is 63.8. The Bertz CT molecular complexity index is 1670. The highest BCUT2D eigenvalue weighted by atomic mass is 32.2. The number of nitrogens with one attached hydrogen (secondary N) is 1. The minimum Gasteiger partial charge on any atom is -0.480 e. The molecule has 12 nitrogen and oxygen atoms in total. The summed E-state index contributed by atoms with van der Waals surface area (Å²) in [7, 11) is -8.91. The van der Waals surface area contributed by atoms with Crippen LogP contribution in [-0.4, -0.2) is 60.8 Å². The first-order valence-electron chi connectivity index (χ1n) is 13.0. The standard InChI is InChI=1S/C29H32N2O10S2/c1-18-2-4-20(5-3-18)15-25(30)27(32)17-22(14-19-6-10-23(11-7-19)42(36,37)38)28(33)31-26(29(34)35)16-21-8-12-24(13-9-21)43(39,40)41/h2-13,22,25-26H,14-17,30H2,1H3,(H,31,33)(H,34,35)(H,36,37,38)(H,39,40,41). The minimum atomic E-state index is -4.46. The summed E-state index contributed by atoms with van der Waals surface area (Å²) in [6.45, 7) is 1.92. The molecule has 0 aliphatic carbocycles. The first-order chi connectivity index (χ1) is 20.0. The van der Waals surface area contributed by atoms with Crippen LogP contribution < -0.4 is 11.1 Å². The third kappa shape index (κ3) is 10.1. The number of carbonyl (C=O) groups is 3. The zero-order valence-electron chi connectivity index (χ0n) is 23.1. The van der Waals surface area contributed by atoms with Crippen molar-refractivity contribution in [1.82, 2.24) is 5.32 Å². The maximum absolute atomic E-state index is 13.4. The summed E-state index contributed by atoms with van der Waals surface area (Å²) in [5.74, 6) is -3.68. The molecule has 230 valence electrons. The molecule has 1 amide bonds. The Hall–Kier alpha value is -3.95. The van der Waals surface area contributed by atoms with Gasteiger partial charge in [0, 0.05) is 18.8 Å². The first-order valence-corrected chi connectivity index (χ1v) is 15.9. The van der Waals surface area contributed by atoms with Crippen LogP contribution in [0.15, 0.2) is 82.6 Å². The molecule has 3 aromatic carbocycles. The molecule has 0 aromatic heterocycles. The van der Waals surface area contributed by atoms with E-state index in [4.69, 9.17) is 10.3 Å². The molecule has 0 bridgehead atoms. The number of nitrogens with two attached hydrogens (primary N) is 1. The van der Waals surface area contributed by atoms with Crippen LogP contribution in [0.25, 0.3) is 0 Å². The normalized spacial score (nSPS) is 14.0. The predicted octanol–water partition coefficient (Wildman–Crippen LogP) is 1.99.